The molecule has 0 radical (unpaired) electrons. The summed E-state index contributed by atoms with van der Waals surface area (Å²) in [7, 11) is 0. The van der Waals surface area contributed by atoms with Gasteiger partial charge in [0.15, 0.2) is 0 Å². The first-order chi connectivity index (χ1) is 7.07. The average molecular weight is 212 g/mol. The van der Waals surface area contributed by atoms with Crippen molar-refractivity contribution in [2.45, 2.75) is 44.8 Å². The number of Topliss-reactive ketones (excluding diaryl/α,β-unsaturated/α-hetero) is 2. The summed E-state index contributed by atoms with van der Waals surface area (Å²) in [6.07, 6.45) is 4.12. The second-order valence-electron chi connectivity index (χ2n) is 4.78. The van der Waals surface area contributed by atoms with Crippen molar-refractivity contribution in [1.29, 1.82) is 0 Å². The number of aliphatic hydroxyl groups excluding tert-OH is 1. The topological polar surface area (TPSA) is 74.6 Å². The fraction of sp³-hybridized carbons (Fsp3) is 0.818. The Bertz CT molecular complexity index is 289. The fourth-order valence-electron chi connectivity index (χ4n) is 2.83. The summed E-state index contributed by atoms with van der Waals surface area (Å²) in [6, 6.07) is 0. The molecular weight excluding hydrogens is 196 g/mol. The van der Waals surface area contributed by atoms with Crippen LogP contribution in [0.5, 0.6) is 0 Å². The van der Waals surface area contributed by atoms with Gasteiger partial charge in [0.1, 0.15) is 0 Å². The van der Waals surface area contributed by atoms with Crippen molar-refractivity contribution in [2.24, 2.45) is 11.3 Å². The molecule has 84 valence electrons. The number of carbonyl (C=O) groups is 2. The van der Waals surface area contributed by atoms with Crippen molar-refractivity contribution in [1.82, 2.24) is 0 Å². The molecule has 2 N–H and O–H groups in total. The molecule has 2 aliphatic rings. The number of hydrogen-bond donors (Lipinski definition) is 2. The van der Waals surface area contributed by atoms with Crippen molar-refractivity contribution in [3.05, 3.63) is 0 Å². The lowest BCUT2D eigenvalue weighted by molar-refractivity contribution is -0.154. The van der Waals surface area contributed by atoms with Gasteiger partial charge in [-0.05, 0) is 24.7 Å². The summed E-state index contributed by atoms with van der Waals surface area (Å²) in [6.45, 7) is 0. The monoisotopic (exact) mass is 212 g/mol. The van der Waals surface area contributed by atoms with Gasteiger partial charge in [0.2, 0.25) is 12.1 Å². The van der Waals surface area contributed by atoms with Gasteiger partial charge in [-0.3, -0.25) is 9.59 Å². The molecule has 0 unspecified atom stereocenters. The highest BCUT2D eigenvalue weighted by Crippen LogP contribution is 2.61. The number of rotatable bonds is 3. The normalized spacial score (nSPS) is 28.1. The van der Waals surface area contributed by atoms with Crippen LogP contribution < -0.4 is 0 Å². The zero-order chi connectivity index (χ0) is 11.1. The van der Waals surface area contributed by atoms with Crippen molar-refractivity contribution >= 4 is 11.6 Å². The maximum atomic E-state index is 11.6. The standard InChI is InChI=1S/C11H16O4/c12-8(9(13)10(14)15)7-6-11(7)4-2-1-3-5-11/h7,10,14-15H,1-6H2/t7-/m0/s1. The van der Waals surface area contributed by atoms with Crippen molar-refractivity contribution < 1.29 is 19.8 Å². The predicted molar refractivity (Wildman–Crippen MR) is 51.9 cm³/mol. The number of hydrogen-bond acceptors (Lipinski definition) is 4. The highest BCUT2D eigenvalue weighted by molar-refractivity contribution is 6.39. The minimum absolute atomic E-state index is 0.0416. The van der Waals surface area contributed by atoms with E-state index in [2.05, 4.69) is 0 Å². The van der Waals surface area contributed by atoms with Crippen LogP contribution in [0.15, 0.2) is 0 Å². The Morgan fingerprint density at radius 2 is 1.73 bits per heavy atom. The molecule has 0 aromatic heterocycles. The Morgan fingerprint density at radius 1 is 1.13 bits per heavy atom. The SMILES string of the molecule is O=C(C(=O)[C@@H]1CC12CCCCC2)C(O)O. The molecule has 2 fully saturated rings. The van der Waals surface area contributed by atoms with Gasteiger partial charge in [0.25, 0.3) is 5.78 Å². The van der Waals surface area contributed by atoms with Crippen LogP contribution in [0.2, 0.25) is 0 Å². The lowest BCUT2D eigenvalue weighted by Crippen LogP contribution is -2.31. The summed E-state index contributed by atoms with van der Waals surface area (Å²) in [5, 5.41) is 17.3. The van der Waals surface area contributed by atoms with Crippen LogP contribution in [0.4, 0.5) is 0 Å². The molecular formula is C11H16O4. The summed E-state index contributed by atoms with van der Waals surface area (Å²) in [5.41, 5.74) is 0.0416. The van der Waals surface area contributed by atoms with E-state index in [0.29, 0.717) is 0 Å². The molecule has 0 aromatic carbocycles. The summed E-state index contributed by atoms with van der Waals surface area (Å²) in [4.78, 5) is 22.7. The van der Waals surface area contributed by atoms with Gasteiger partial charge >= 0.3 is 0 Å². The molecule has 0 amide bonds. The fourth-order valence-corrected chi connectivity index (χ4v) is 2.83. The van der Waals surface area contributed by atoms with E-state index in [1.165, 1.54) is 6.42 Å². The highest BCUT2D eigenvalue weighted by Gasteiger charge is 2.58. The smallest absolute Gasteiger partial charge is 0.254 e. The first kappa shape index (κ1) is 10.8. The first-order valence-corrected chi connectivity index (χ1v) is 5.51. The van der Waals surface area contributed by atoms with Crippen LogP contribution in [0.25, 0.3) is 0 Å². The van der Waals surface area contributed by atoms with E-state index < -0.39 is 17.9 Å². The number of carbonyl (C=O) groups excluding carboxylic acids is 2. The molecule has 0 heterocycles. The van der Waals surface area contributed by atoms with Crippen LogP contribution in [-0.2, 0) is 9.59 Å². The van der Waals surface area contributed by atoms with E-state index in [0.717, 1.165) is 32.1 Å². The molecule has 0 aromatic rings. The molecule has 2 aliphatic carbocycles. The van der Waals surface area contributed by atoms with Crippen LogP contribution in [0.3, 0.4) is 0 Å². The minimum atomic E-state index is -2.13. The van der Waals surface area contributed by atoms with Crippen LogP contribution in [-0.4, -0.2) is 28.1 Å². The maximum Gasteiger partial charge on any atom is 0.254 e. The Morgan fingerprint density at radius 3 is 2.27 bits per heavy atom. The minimum Gasteiger partial charge on any atom is -0.362 e. The predicted octanol–water partition coefficient (Wildman–Crippen LogP) is 0.406. The summed E-state index contributed by atoms with van der Waals surface area (Å²) < 4.78 is 0. The van der Waals surface area contributed by atoms with Crippen LogP contribution in [0, 0.1) is 11.3 Å². The zero-order valence-electron chi connectivity index (χ0n) is 8.61. The molecule has 2 rings (SSSR count). The molecule has 0 aliphatic heterocycles. The summed E-state index contributed by atoms with van der Waals surface area (Å²) >= 11 is 0. The van der Waals surface area contributed by atoms with Crippen molar-refractivity contribution in [2.75, 3.05) is 0 Å². The number of ketones is 2. The van der Waals surface area contributed by atoms with E-state index in [9.17, 15) is 9.59 Å². The molecule has 0 saturated heterocycles. The van der Waals surface area contributed by atoms with Gasteiger partial charge in [0.05, 0.1) is 0 Å². The van der Waals surface area contributed by atoms with Gasteiger partial charge in [-0.25, -0.2) is 0 Å². The second-order valence-corrected chi connectivity index (χ2v) is 4.78. The van der Waals surface area contributed by atoms with Gasteiger partial charge in [0, 0.05) is 5.92 Å². The Labute approximate surface area is 88.3 Å². The molecule has 1 spiro atoms. The van der Waals surface area contributed by atoms with E-state index in [1.54, 1.807) is 0 Å². The maximum absolute atomic E-state index is 11.6. The Hall–Kier alpha value is -0.740. The Kier molecular flexibility index (Phi) is 2.64. The molecule has 0 bridgehead atoms. The summed E-state index contributed by atoms with van der Waals surface area (Å²) in [5.74, 6) is -1.85. The van der Waals surface area contributed by atoms with Crippen molar-refractivity contribution in [3.8, 4) is 0 Å². The third kappa shape index (κ3) is 1.84. The van der Waals surface area contributed by atoms with Gasteiger partial charge in [-0.1, -0.05) is 19.3 Å². The lowest BCUT2D eigenvalue weighted by Gasteiger charge is -2.21. The second kappa shape index (κ2) is 3.68. The lowest BCUT2D eigenvalue weighted by atomic mass is 9.83. The largest absolute Gasteiger partial charge is 0.362 e. The van der Waals surface area contributed by atoms with E-state index in [1.807, 2.05) is 0 Å². The third-order valence-electron chi connectivity index (χ3n) is 3.83. The van der Waals surface area contributed by atoms with E-state index >= 15 is 0 Å². The molecule has 4 nitrogen and oxygen atoms in total. The average Bonchev–Trinajstić information content (AvgIpc) is 2.91. The highest BCUT2D eigenvalue weighted by atomic mass is 16.5. The first-order valence-electron chi connectivity index (χ1n) is 5.51. The third-order valence-corrected chi connectivity index (χ3v) is 3.83. The molecule has 1 atom stereocenters. The molecule has 2 saturated carbocycles. The van der Waals surface area contributed by atoms with Gasteiger partial charge in [-0.15, -0.1) is 0 Å². The number of aliphatic hydroxyl groups is 2. The quantitative estimate of drug-likeness (QED) is 0.524. The van der Waals surface area contributed by atoms with Gasteiger partial charge in [-0.2, -0.15) is 0 Å². The van der Waals surface area contributed by atoms with Gasteiger partial charge < -0.3 is 10.2 Å². The molecule has 4 heteroatoms. The Balaban J connectivity index is 1.97. The van der Waals surface area contributed by atoms with Crippen LogP contribution in [0.1, 0.15) is 38.5 Å². The van der Waals surface area contributed by atoms with E-state index in [-0.39, 0.29) is 11.3 Å². The molecule has 15 heavy (non-hydrogen) atoms. The van der Waals surface area contributed by atoms with E-state index in [4.69, 9.17) is 10.2 Å². The zero-order valence-corrected chi connectivity index (χ0v) is 8.61. The van der Waals surface area contributed by atoms with Crippen molar-refractivity contribution in [3.63, 3.8) is 0 Å². The van der Waals surface area contributed by atoms with Crippen LogP contribution >= 0.6 is 0 Å².